The number of hydrogen-bond donors (Lipinski definition) is 1. The first-order valence-electron chi connectivity index (χ1n) is 7.56. The highest BCUT2D eigenvalue weighted by atomic mass is 16.2. The van der Waals surface area contributed by atoms with Crippen LogP contribution in [0, 0.1) is 12.3 Å². The highest BCUT2D eigenvalue weighted by molar-refractivity contribution is 5.75. The minimum absolute atomic E-state index is 0.0562. The normalized spacial score (nSPS) is 20.0. The molecule has 2 saturated heterocycles. The number of anilines is 1. The number of nitrogens with zero attached hydrogens (tertiary/aromatic N) is 4. The van der Waals surface area contributed by atoms with Crippen LogP contribution < -0.4 is 10.2 Å². The fourth-order valence-corrected chi connectivity index (χ4v) is 3.16. The van der Waals surface area contributed by atoms with Crippen molar-refractivity contribution in [3.63, 3.8) is 0 Å². The fourth-order valence-electron chi connectivity index (χ4n) is 3.16. The molecule has 1 N–H and O–H groups in total. The van der Waals surface area contributed by atoms with Gasteiger partial charge in [-0.2, -0.15) is 0 Å². The van der Waals surface area contributed by atoms with E-state index in [4.69, 9.17) is 0 Å². The van der Waals surface area contributed by atoms with Crippen molar-refractivity contribution >= 4 is 12.0 Å². The van der Waals surface area contributed by atoms with E-state index >= 15 is 0 Å². The van der Waals surface area contributed by atoms with E-state index in [0.717, 1.165) is 44.1 Å². The molecule has 0 bridgehead atoms. The fraction of sp³-hybridized carbons (Fsp3) is 0.667. The summed E-state index contributed by atoms with van der Waals surface area (Å²) in [5.41, 5.74) is 1.32. The summed E-state index contributed by atoms with van der Waals surface area (Å²) in [6.45, 7) is 9.57. The molecule has 0 radical (unpaired) electrons. The Balaban J connectivity index is 1.56. The summed E-state index contributed by atoms with van der Waals surface area (Å²) in [7, 11) is 0. The topological polar surface area (TPSA) is 61.4 Å². The molecule has 2 aliphatic rings. The molecule has 1 spiro atoms. The first-order valence-corrected chi connectivity index (χ1v) is 7.56. The van der Waals surface area contributed by atoms with E-state index in [9.17, 15) is 4.79 Å². The van der Waals surface area contributed by atoms with Gasteiger partial charge in [-0.3, -0.25) is 0 Å². The van der Waals surface area contributed by atoms with Crippen LogP contribution in [0.1, 0.15) is 25.8 Å². The Bertz CT molecular complexity index is 521. The number of urea groups is 1. The Labute approximate surface area is 125 Å². The van der Waals surface area contributed by atoms with Crippen LogP contribution in [0.3, 0.4) is 0 Å². The van der Waals surface area contributed by atoms with E-state index in [0.29, 0.717) is 0 Å². The third-order valence-electron chi connectivity index (χ3n) is 4.24. The second-order valence-electron chi connectivity index (χ2n) is 6.69. The number of carbonyl (C=O) groups is 1. The molecule has 0 unspecified atom stereocenters. The first kappa shape index (κ1) is 14.1. The minimum atomic E-state index is 0.0562. The van der Waals surface area contributed by atoms with Crippen LogP contribution >= 0.6 is 0 Å². The maximum Gasteiger partial charge on any atom is 0.317 e. The van der Waals surface area contributed by atoms with Gasteiger partial charge >= 0.3 is 6.03 Å². The van der Waals surface area contributed by atoms with Crippen LogP contribution in [0.25, 0.3) is 0 Å². The highest BCUT2D eigenvalue weighted by Crippen LogP contribution is 2.40. The Morgan fingerprint density at radius 2 is 1.95 bits per heavy atom. The standard InChI is InChI=1S/C15H23N5O/c1-11(2)18-14(21)20-9-15(10-20)4-5-19(8-15)13-16-6-12(3)7-17-13/h6-7,11H,4-5,8-10H2,1-3H3,(H,18,21). The zero-order valence-electron chi connectivity index (χ0n) is 13.0. The molecule has 0 aliphatic carbocycles. The molecule has 2 amide bonds. The lowest BCUT2D eigenvalue weighted by atomic mass is 9.79. The molecule has 1 aromatic heterocycles. The van der Waals surface area contributed by atoms with Gasteiger partial charge in [0.15, 0.2) is 0 Å². The number of rotatable bonds is 2. The zero-order valence-corrected chi connectivity index (χ0v) is 13.0. The van der Waals surface area contributed by atoms with Crippen molar-refractivity contribution in [2.75, 3.05) is 31.1 Å². The van der Waals surface area contributed by atoms with Crippen molar-refractivity contribution in [1.82, 2.24) is 20.2 Å². The highest BCUT2D eigenvalue weighted by Gasteiger charge is 2.49. The number of nitrogens with one attached hydrogen (secondary N) is 1. The lowest BCUT2D eigenvalue weighted by Gasteiger charge is -2.47. The van der Waals surface area contributed by atoms with Crippen LogP contribution in [-0.4, -0.2) is 53.1 Å². The van der Waals surface area contributed by atoms with Gasteiger partial charge in [0.1, 0.15) is 0 Å². The lowest BCUT2D eigenvalue weighted by Crippen LogP contribution is -2.62. The molecule has 1 aromatic rings. The van der Waals surface area contributed by atoms with Gasteiger partial charge in [0.25, 0.3) is 0 Å². The van der Waals surface area contributed by atoms with Crippen molar-refractivity contribution < 1.29 is 4.79 Å². The summed E-state index contributed by atoms with van der Waals surface area (Å²) < 4.78 is 0. The number of likely N-dealkylation sites (tertiary alicyclic amines) is 1. The molecule has 6 nitrogen and oxygen atoms in total. The molecular formula is C15H23N5O. The van der Waals surface area contributed by atoms with Crippen molar-refractivity contribution in [2.45, 2.75) is 33.2 Å². The maximum absolute atomic E-state index is 11.9. The van der Waals surface area contributed by atoms with E-state index in [1.165, 1.54) is 0 Å². The summed E-state index contributed by atoms with van der Waals surface area (Å²) in [4.78, 5) is 24.9. The summed E-state index contributed by atoms with van der Waals surface area (Å²) >= 11 is 0. The van der Waals surface area contributed by atoms with Crippen LogP contribution in [0.15, 0.2) is 12.4 Å². The number of hydrogen-bond acceptors (Lipinski definition) is 4. The summed E-state index contributed by atoms with van der Waals surface area (Å²) in [5, 5.41) is 2.95. The van der Waals surface area contributed by atoms with Gasteiger partial charge in [0, 0.05) is 50.0 Å². The summed E-state index contributed by atoms with van der Waals surface area (Å²) in [6.07, 6.45) is 4.82. The van der Waals surface area contributed by atoms with Gasteiger partial charge in [-0.25, -0.2) is 14.8 Å². The van der Waals surface area contributed by atoms with Crippen LogP contribution in [-0.2, 0) is 0 Å². The molecule has 21 heavy (non-hydrogen) atoms. The number of amides is 2. The Morgan fingerprint density at radius 3 is 2.57 bits per heavy atom. The number of carbonyl (C=O) groups excluding carboxylic acids is 1. The summed E-state index contributed by atoms with van der Waals surface area (Å²) in [6, 6.07) is 0.246. The van der Waals surface area contributed by atoms with Gasteiger partial charge in [0.2, 0.25) is 5.95 Å². The molecule has 0 aromatic carbocycles. The SMILES string of the molecule is Cc1cnc(N2CCC3(CN(C(=O)NC(C)C)C3)C2)nc1. The molecule has 6 heteroatoms. The monoisotopic (exact) mass is 289 g/mol. The molecule has 114 valence electrons. The van der Waals surface area contributed by atoms with E-state index in [1.54, 1.807) is 0 Å². The van der Waals surface area contributed by atoms with Crippen molar-refractivity contribution in [1.29, 1.82) is 0 Å². The van der Waals surface area contributed by atoms with Crippen molar-refractivity contribution in [3.05, 3.63) is 18.0 Å². The second-order valence-corrected chi connectivity index (χ2v) is 6.69. The van der Waals surface area contributed by atoms with Crippen LogP contribution in [0.5, 0.6) is 0 Å². The third kappa shape index (κ3) is 2.80. The van der Waals surface area contributed by atoms with Gasteiger partial charge in [-0.05, 0) is 32.8 Å². The van der Waals surface area contributed by atoms with Crippen LogP contribution in [0.2, 0.25) is 0 Å². The Hall–Kier alpha value is -1.85. The zero-order chi connectivity index (χ0) is 15.0. The molecule has 0 saturated carbocycles. The molecule has 2 aliphatic heterocycles. The largest absolute Gasteiger partial charge is 0.340 e. The minimum Gasteiger partial charge on any atom is -0.340 e. The first-order chi connectivity index (χ1) is 9.97. The third-order valence-corrected chi connectivity index (χ3v) is 4.24. The predicted molar refractivity (Wildman–Crippen MR) is 81.3 cm³/mol. The lowest BCUT2D eigenvalue weighted by molar-refractivity contribution is 0.0483. The number of aromatic nitrogens is 2. The molecule has 3 rings (SSSR count). The average molecular weight is 289 g/mol. The van der Waals surface area contributed by atoms with Gasteiger partial charge < -0.3 is 15.1 Å². The quantitative estimate of drug-likeness (QED) is 0.894. The Kier molecular flexibility index (Phi) is 3.47. The van der Waals surface area contributed by atoms with Crippen LogP contribution in [0.4, 0.5) is 10.7 Å². The summed E-state index contributed by atoms with van der Waals surface area (Å²) in [5.74, 6) is 0.808. The van der Waals surface area contributed by atoms with Gasteiger partial charge in [0.05, 0.1) is 0 Å². The van der Waals surface area contributed by atoms with Crippen molar-refractivity contribution in [3.8, 4) is 0 Å². The second kappa shape index (κ2) is 5.16. The van der Waals surface area contributed by atoms with E-state index in [-0.39, 0.29) is 17.5 Å². The van der Waals surface area contributed by atoms with E-state index in [1.807, 2.05) is 38.1 Å². The smallest absolute Gasteiger partial charge is 0.317 e. The molecule has 3 heterocycles. The Morgan fingerprint density at radius 1 is 1.29 bits per heavy atom. The average Bonchev–Trinajstić information content (AvgIpc) is 2.82. The van der Waals surface area contributed by atoms with Gasteiger partial charge in [-0.1, -0.05) is 0 Å². The predicted octanol–water partition coefficient (Wildman–Crippen LogP) is 1.42. The maximum atomic E-state index is 11.9. The van der Waals surface area contributed by atoms with Crippen molar-refractivity contribution in [2.24, 2.45) is 5.41 Å². The van der Waals surface area contributed by atoms with E-state index < -0.39 is 0 Å². The molecule has 2 fully saturated rings. The van der Waals surface area contributed by atoms with Gasteiger partial charge in [-0.15, -0.1) is 0 Å². The molecule has 0 atom stereocenters. The van der Waals surface area contributed by atoms with E-state index in [2.05, 4.69) is 20.2 Å². The number of aryl methyl sites for hydroxylation is 1. The molecular weight excluding hydrogens is 266 g/mol.